The van der Waals surface area contributed by atoms with Gasteiger partial charge in [-0.2, -0.15) is 0 Å². The Bertz CT molecular complexity index is 230. The van der Waals surface area contributed by atoms with Crippen LogP contribution in [0.3, 0.4) is 0 Å². The first-order valence-corrected chi connectivity index (χ1v) is 6.32. The van der Waals surface area contributed by atoms with Crippen molar-refractivity contribution < 1.29 is 1.43 Å². The van der Waals surface area contributed by atoms with Crippen molar-refractivity contribution in [3.05, 3.63) is 47.6 Å². The summed E-state index contributed by atoms with van der Waals surface area (Å²) in [6, 6.07) is 0. The molecule has 0 atom stereocenters. The molecular formula is C16H32. The van der Waals surface area contributed by atoms with E-state index >= 15 is 0 Å². The molecule has 16 heavy (non-hydrogen) atoms. The van der Waals surface area contributed by atoms with E-state index in [1.807, 2.05) is 52.8 Å². The molecule has 0 heteroatoms. The summed E-state index contributed by atoms with van der Waals surface area (Å²) >= 11 is 0. The van der Waals surface area contributed by atoms with Gasteiger partial charge >= 0.3 is 0 Å². The van der Waals surface area contributed by atoms with E-state index in [0.29, 0.717) is 0 Å². The van der Waals surface area contributed by atoms with Gasteiger partial charge in [-0.1, -0.05) is 69.7 Å². The molecule has 0 unspecified atom stereocenters. The Morgan fingerprint density at radius 2 is 1.25 bits per heavy atom. The third kappa shape index (κ3) is 15.4. The monoisotopic (exact) mass is 224 g/mol. The summed E-state index contributed by atoms with van der Waals surface area (Å²) in [6.45, 7) is 16.3. The fraction of sp³-hybridized carbons (Fsp3) is 0.500. The van der Waals surface area contributed by atoms with Crippen LogP contribution in [0.1, 0.15) is 56.8 Å². The zero-order valence-electron chi connectivity index (χ0n) is 12.5. The minimum atomic E-state index is 0. The van der Waals surface area contributed by atoms with Crippen LogP contribution in [0.15, 0.2) is 47.6 Å². The van der Waals surface area contributed by atoms with Gasteiger partial charge in [0.25, 0.3) is 0 Å². The van der Waals surface area contributed by atoms with Gasteiger partial charge in [0.05, 0.1) is 0 Å². The molecule has 0 aliphatic heterocycles. The second-order valence-electron chi connectivity index (χ2n) is 2.73. The molecule has 0 heterocycles. The number of hydrogen-bond donors (Lipinski definition) is 0. The maximum Gasteiger partial charge on any atom is 0 e. The predicted molar refractivity (Wildman–Crippen MR) is 82.0 cm³/mol. The van der Waals surface area contributed by atoms with Crippen molar-refractivity contribution >= 4 is 0 Å². The minimum absolute atomic E-state index is 0. The van der Waals surface area contributed by atoms with Crippen LogP contribution in [-0.2, 0) is 0 Å². The normalized spacial score (nSPS) is 12.0. The predicted octanol–water partition coefficient (Wildman–Crippen LogP) is 6.33. The Labute approximate surface area is 105 Å². The van der Waals surface area contributed by atoms with Gasteiger partial charge in [0.15, 0.2) is 0 Å². The highest BCUT2D eigenvalue weighted by Crippen LogP contribution is 2.06. The molecule has 0 aliphatic carbocycles. The third-order valence-corrected chi connectivity index (χ3v) is 1.82. The van der Waals surface area contributed by atoms with Crippen LogP contribution in [0, 0.1) is 0 Å². The smallest absolute Gasteiger partial charge is 0 e. The average molecular weight is 224 g/mol. The Hall–Kier alpha value is -1.04. The summed E-state index contributed by atoms with van der Waals surface area (Å²) in [5, 5.41) is 0. The van der Waals surface area contributed by atoms with E-state index in [0.717, 1.165) is 0 Å². The largest absolute Gasteiger partial charge is 0.0877 e. The molecule has 0 saturated carbocycles. The van der Waals surface area contributed by atoms with Crippen molar-refractivity contribution in [2.24, 2.45) is 0 Å². The van der Waals surface area contributed by atoms with Gasteiger partial charge in [-0.15, -0.1) is 0 Å². The molecule has 0 fully saturated rings. The zero-order valence-corrected chi connectivity index (χ0v) is 12.5. The lowest BCUT2D eigenvalue weighted by molar-refractivity contribution is 1.33. The van der Waals surface area contributed by atoms with E-state index in [9.17, 15) is 0 Å². The highest BCUT2D eigenvalue weighted by Gasteiger charge is 1.86. The molecule has 0 radical (unpaired) electrons. The molecule has 0 aromatic carbocycles. The fourth-order valence-electron chi connectivity index (χ4n) is 0.734. The van der Waals surface area contributed by atoms with Crippen LogP contribution in [0.5, 0.6) is 0 Å². The van der Waals surface area contributed by atoms with Crippen LogP contribution >= 0.6 is 0 Å². The molecule has 0 bridgehead atoms. The van der Waals surface area contributed by atoms with E-state index in [2.05, 4.69) is 39.0 Å². The van der Waals surface area contributed by atoms with Crippen molar-refractivity contribution in [2.75, 3.05) is 0 Å². The first-order valence-electron chi connectivity index (χ1n) is 6.32. The molecule has 0 rings (SSSR count). The summed E-state index contributed by atoms with van der Waals surface area (Å²) in [4.78, 5) is 0. The van der Waals surface area contributed by atoms with Gasteiger partial charge in [0.1, 0.15) is 0 Å². The van der Waals surface area contributed by atoms with E-state index in [-0.39, 0.29) is 1.43 Å². The highest BCUT2D eigenvalue weighted by atomic mass is 13.9. The molecule has 96 valence electrons. The fourth-order valence-corrected chi connectivity index (χ4v) is 0.734. The molecule has 0 N–H and O–H groups in total. The lowest BCUT2D eigenvalue weighted by Gasteiger charge is -1.96. The van der Waals surface area contributed by atoms with Gasteiger partial charge in [-0.25, -0.2) is 0 Å². The molecule has 0 amide bonds. The van der Waals surface area contributed by atoms with Gasteiger partial charge < -0.3 is 0 Å². The molecule has 0 saturated heterocycles. The maximum atomic E-state index is 2.12. The molecule has 0 aromatic rings. The lowest BCUT2D eigenvalue weighted by atomic mass is 10.1. The van der Waals surface area contributed by atoms with Crippen LogP contribution < -0.4 is 0 Å². The molecule has 0 nitrogen and oxygen atoms in total. The first-order chi connectivity index (χ1) is 7.72. The average Bonchev–Trinajstić information content (AvgIpc) is 2.38. The molecule has 0 aromatic heterocycles. The first kappa shape index (κ1) is 20.4. The topological polar surface area (TPSA) is 0 Å². The second-order valence-corrected chi connectivity index (χ2v) is 2.73. The van der Waals surface area contributed by atoms with E-state index in [1.54, 1.807) is 0 Å². The Kier molecular flexibility index (Phi) is 24.9. The van der Waals surface area contributed by atoms with Gasteiger partial charge in [-0.05, 0) is 33.3 Å². The highest BCUT2D eigenvalue weighted by molar-refractivity contribution is 5.30. The van der Waals surface area contributed by atoms with Crippen LogP contribution in [0.4, 0.5) is 0 Å². The summed E-state index contributed by atoms with van der Waals surface area (Å²) < 4.78 is 0. The van der Waals surface area contributed by atoms with Gasteiger partial charge in [0.2, 0.25) is 0 Å². The van der Waals surface area contributed by atoms with Gasteiger partial charge in [-0.3, -0.25) is 0 Å². The van der Waals surface area contributed by atoms with E-state index < -0.39 is 0 Å². The van der Waals surface area contributed by atoms with Crippen LogP contribution in [-0.4, -0.2) is 0 Å². The van der Waals surface area contributed by atoms with Gasteiger partial charge in [0, 0.05) is 1.43 Å². The van der Waals surface area contributed by atoms with Crippen LogP contribution in [0.25, 0.3) is 0 Å². The summed E-state index contributed by atoms with van der Waals surface area (Å²) in [7, 11) is 0. The number of hydrogen-bond acceptors (Lipinski definition) is 0. The summed E-state index contributed by atoms with van der Waals surface area (Å²) in [5.41, 5.74) is 2.65. The molecular weight excluding hydrogens is 192 g/mol. The summed E-state index contributed by atoms with van der Waals surface area (Å²) in [6.07, 6.45) is 12.4. The third-order valence-electron chi connectivity index (χ3n) is 1.82. The minimum Gasteiger partial charge on any atom is -0.0877 e. The van der Waals surface area contributed by atoms with E-state index in [4.69, 9.17) is 0 Å². The Morgan fingerprint density at radius 3 is 1.62 bits per heavy atom. The Morgan fingerprint density at radius 1 is 0.750 bits per heavy atom. The summed E-state index contributed by atoms with van der Waals surface area (Å²) in [5.74, 6) is 0. The van der Waals surface area contributed by atoms with Crippen molar-refractivity contribution in [2.45, 2.75) is 55.4 Å². The molecule has 0 aliphatic rings. The second kappa shape index (κ2) is 19.5. The standard InChI is InChI=1S/C12H18.2C2H6.H2/c1-5-7-8-9-10-12(4)11(3)6-2;2*1-2;/h5-10H,1-4H3;2*1-2H3;1H/b7-5+,9-8-,11-6-,12-10+;;;. The van der Waals surface area contributed by atoms with E-state index in [1.165, 1.54) is 11.1 Å². The maximum absolute atomic E-state index is 2.12. The van der Waals surface area contributed by atoms with Crippen molar-refractivity contribution in [3.8, 4) is 0 Å². The lowest BCUT2D eigenvalue weighted by Crippen LogP contribution is -1.75. The van der Waals surface area contributed by atoms with Crippen molar-refractivity contribution in [3.63, 3.8) is 0 Å². The zero-order chi connectivity index (χ0) is 13.4. The van der Waals surface area contributed by atoms with Crippen molar-refractivity contribution in [1.29, 1.82) is 0 Å². The van der Waals surface area contributed by atoms with Crippen LogP contribution in [0.2, 0.25) is 0 Å². The van der Waals surface area contributed by atoms with Crippen molar-refractivity contribution in [1.82, 2.24) is 0 Å². The quantitative estimate of drug-likeness (QED) is 0.491. The molecule has 0 spiro atoms. The Balaban J connectivity index is -0.000000152. The SMILES string of the molecule is CC.CC.C\C=C(C)/C(C)=C/C=C\C=C\C.[HH]. The number of allylic oxidation sites excluding steroid dienone is 8. The number of rotatable bonds is 3.